The molecule has 0 amide bonds. The summed E-state index contributed by atoms with van der Waals surface area (Å²) in [5.41, 5.74) is 1.42. The van der Waals surface area contributed by atoms with Crippen molar-refractivity contribution in [1.82, 2.24) is 0 Å². The highest BCUT2D eigenvalue weighted by atomic mass is 16.6. The Kier molecular flexibility index (Phi) is 3.98. The van der Waals surface area contributed by atoms with Gasteiger partial charge in [-0.25, -0.2) is 0 Å². The molecule has 0 saturated carbocycles. The van der Waals surface area contributed by atoms with Crippen molar-refractivity contribution in [1.29, 1.82) is 0 Å². The second-order valence-corrected chi connectivity index (χ2v) is 6.63. The first-order valence-electron chi connectivity index (χ1n) is 8.86. The first kappa shape index (κ1) is 16.5. The number of ether oxygens (including phenoxy) is 6. The number of furan rings is 1. The molecule has 0 aliphatic carbocycles. The van der Waals surface area contributed by atoms with Crippen molar-refractivity contribution in [2.75, 3.05) is 40.6 Å². The highest BCUT2D eigenvalue weighted by molar-refractivity contribution is 6.07. The van der Waals surface area contributed by atoms with Crippen LogP contribution in [0.15, 0.2) is 28.7 Å². The average Bonchev–Trinajstić information content (AvgIpc) is 3.60. The Morgan fingerprint density at radius 2 is 1.19 bits per heavy atom. The standard InChI is InChI=1S/C20H20O7/c1-21-17-3-13-14-4-18(22-2)20(26-10-12-8-24-12)6-16(14)27-15(13)5-19(17)25-9-11-7-23-11/h3-6,11-12H,7-10H2,1-2H3. The lowest BCUT2D eigenvalue weighted by molar-refractivity contribution is 0.252. The van der Waals surface area contributed by atoms with Crippen LogP contribution in [0.2, 0.25) is 0 Å². The van der Waals surface area contributed by atoms with Crippen LogP contribution in [0.3, 0.4) is 0 Å². The van der Waals surface area contributed by atoms with E-state index in [0.29, 0.717) is 47.4 Å². The van der Waals surface area contributed by atoms with Crippen molar-refractivity contribution in [3.8, 4) is 23.0 Å². The van der Waals surface area contributed by atoms with E-state index >= 15 is 0 Å². The third-order valence-corrected chi connectivity index (χ3v) is 4.70. The van der Waals surface area contributed by atoms with Gasteiger partial charge in [-0.1, -0.05) is 0 Å². The van der Waals surface area contributed by atoms with E-state index in [9.17, 15) is 0 Å². The molecule has 0 bridgehead atoms. The molecule has 7 nitrogen and oxygen atoms in total. The fourth-order valence-corrected chi connectivity index (χ4v) is 3.03. The fraction of sp³-hybridized carbons (Fsp3) is 0.400. The van der Waals surface area contributed by atoms with Gasteiger partial charge in [0.2, 0.25) is 0 Å². The monoisotopic (exact) mass is 372 g/mol. The molecule has 2 fully saturated rings. The Morgan fingerprint density at radius 3 is 1.56 bits per heavy atom. The minimum absolute atomic E-state index is 0.167. The van der Waals surface area contributed by atoms with Gasteiger partial charge in [-0.15, -0.1) is 0 Å². The van der Waals surface area contributed by atoms with Crippen LogP contribution < -0.4 is 18.9 Å². The maximum atomic E-state index is 6.04. The zero-order valence-electron chi connectivity index (χ0n) is 15.2. The van der Waals surface area contributed by atoms with E-state index in [4.69, 9.17) is 32.8 Å². The lowest BCUT2D eigenvalue weighted by Gasteiger charge is -2.10. The average molecular weight is 372 g/mol. The van der Waals surface area contributed by atoms with Gasteiger partial charge in [0.05, 0.1) is 27.4 Å². The molecule has 0 spiro atoms. The quantitative estimate of drug-likeness (QED) is 0.562. The second-order valence-electron chi connectivity index (χ2n) is 6.63. The summed E-state index contributed by atoms with van der Waals surface area (Å²) in [7, 11) is 3.24. The van der Waals surface area contributed by atoms with Gasteiger partial charge in [0.15, 0.2) is 23.0 Å². The first-order chi connectivity index (χ1) is 13.2. The van der Waals surface area contributed by atoms with E-state index in [1.165, 1.54) is 0 Å². The van der Waals surface area contributed by atoms with Crippen molar-refractivity contribution >= 4 is 21.9 Å². The molecule has 7 heteroatoms. The summed E-state index contributed by atoms with van der Waals surface area (Å²) in [6, 6.07) is 7.54. The molecule has 0 N–H and O–H groups in total. The molecular weight excluding hydrogens is 352 g/mol. The van der Waals surface area contributed by atoms with Crippen LogP contribution in [0, 0.1) is 0 Å². The topological polar surface area (TPSA) is 75.1 Å². The molecule has 2 atom stereocenters. The maximum Gasteiger partial charge on any atom is 0.165 e. The van der Waals surface area contributed by atoms with Gasteiger partial charge in [0, 0.05) is 22.9 Å². The fourth-order valence-electron chi connectivity index (χ4n) is 3.03. The Labute approximate surface area is 155 Å². The van der Waals surface area contributed by atoms with Crippen molar-refractivity contribution in [2.45, 2.75) is 12.2 Å². The zero-order chi connectivity index (χ0) is 18.4. The van der Waals surface area contributed by atoms with Crippen LogP contribution in [-0.4, -0.2) is 52.9 Å². The van der Waals surface area contributed by atoms with Crippen molar-refractivity contribution in [3.05, 3.63) is 24.3 Å². The third-order valence-electron chi connectivity index (χ3n) is 4.70. The Bertz CT molecular complexity index is 907. The number of rotatable bonds is 8. The van der Waals surface area contributed by atoms with Crippen LogP contribution >= 0.6 is 0 Å². The normalized spacial score (nSPS) is 20.7. The van der Waals surface area contributed by atoms with Gasteiger partial charge in [-0.05, 0) is 12.1 Å². The van der Waals surface area contributed by atoms with Crippen LogP contribution in [0.5, 0.6) is 23.0 Å². The molecule has 2 aliphatic heterocycles. The largest absolute Gasteiger partial charge is 0.493 e. The van der Waals surface area contributed by atoms with E-state index in [1.54, 1.807) is 14.2 Å². The van der Waals surface area contributed by atoms with Crippen LogP contribution in [0.1, 0.15) is 0 Å². The molecule has 3 heterocycles. The van der Waals surface area contributed by atoms with Gasteiger partial charge < -0.3 is 32.8 Å². The molecular formula is C20H20O7. The molecule has 5 rings (SSSR count). The molecule has 142 valence electrons. The van der Waals surface area contributed by atoms with Crippen LogP contribution in [0.25, 0.3) is 21.9 Å². The van der Waals surface area contributed by atoms with Gasteiger partial charge in [0.25, 0.3) is 0 Å². The van der Waals surface area contributed by atoms with Crippen LogP contribution in [0.4, 0.5) is 0 Å². The molecule has 1 aromatic heterocycles. The van der Waals surface area contributed by atoms with Gasteiger partial charge in [-0.2, -0.15) is 0 Å². The van der Waals surface area contributed by atoms with E-state index in [0.717, 1.165) is 24.0 Å². The molecule has 0 radical (unpaired) electrons. The van der Waals surface area contributed by atoms with Crippen molar-refractivity contribution in [3.63, 3.8) is 0 Å². The molecule has 2 unspecified atom stereocenters. The van der Waals surface area contributed by atoms with Crippen molar-refractivity contribution in [2.24, 2.45) is 0 Å². The number of epoxide rings is 2. The van der Waals surface area contributed by atoms with E-state index < -0.39 is 0 Å². The third kappa shape index (κ3) is 3.24. The Morgan fingerprint density at radius 1 is 0.741 bits per heavy atom. The summed E-state index contributed by atoms with van der Waals surface area (Å²) in [6.45, 7) is 2.47. The van der Waals surface area contributed by atoms with E-state index in [-0.39, 0.29) is 12.2 Å². The van der Waals surface area contributed by atoms with Gasteiger partial charge >= 0.3 is 0 Å². The summed E-state index contributed by atoms with van der Waals surface area (Å²) in [6.07, 6.45) is 0.334. The highest BCUT2D eigenvalue weighted by Crippen LogP contribution is 2.42. The first-order valence-corrected chi connectivity index (χ1v) is 8.86. The Hall–Kier alpha value is -2.64. The maximum absolute atomic E-state index is 6.04. The van der Waals surface area contributed by atoms with E-state index in [2.05, 4.69) is 0 Å². The lowest BCUT2D eigenvalue weighted by Crippen LogP contribution is -2.05. The predicted octanol–water partition coefficient (Wildman–Crippen LogP) is 3.16. The molecule has 2 saturated heterocycles. The Balaban J connectivity index is 1.55. The SMILES string of the molecule is COc1cc2c(cc1OCC1CO1)oc1cc(OCC3CO3)c(OC)cc12. The minimum Gasteiger partial charge on any atom is -0.493 e. The molecule has 27 heavy (non-hydrogen) atoms. The smallest absolute Gasteiger partial charge is 0.165 e. The minimum atomic E-state index is 0.167. The number of fused-ring (bicyclic) bond motifs is 3. The second kappa shape index (κ2) is 6.51. The summed E-state index contributed by atoms with van der Waals surface area (Å²) in [5.74, 6) is 2.56. The number of methoxy groups -OCH3 is 2. The number of hydrogen-bond acceptors (Lipinski definition) is 7. The summed E-state index contributed by atoms with van der Waals surface area (Å²) in [5, 5.41) is 1.85. The molecule has 2 aliphatic rings. The molecule has 3 aromatic rings. The van der Waals surface area contributed by atoms with Crippen molar-refractivity contribution < 1.29 is 32.8 Å². The number of hydrogen-bond donors (Lipinski definition) is 0. The lowest BCUT2D eigenvalue weighted by atomic mass is 10.1. The van der Waals surface area contributed by atoms with Crippen LogP contribution in [-0.2, 0) is 9.47 Å². The predicted molar refractivity (Wildman–Crippen MR) is 97.3 cm³/mol. The highest BCUT2D eigenvalue weighted by Gasteiger charge is 2.25. The zero-order valence-corrected chi connectivity index (χ0v) is 15.2. The van der Waals surface area contributed by atoms with Gasteiger partial charge in [-0.3, -0.25) is 0 Å². The summed E-state index contributed by atoms with van der Waals surface area (Å²) in [4.78, 5) is 0. The molecule has 2 aromatic carbocycles. The summed E-state index contributed by atoms with van der Waals surface area (Å²) >= 11 is 0. The summed E-state index contributed by atoms with van der Waals surface area (Å²) < 4.78 is 39.1. The van der Waals surface area contributed by atoms with Gasteiger partial charge in [0.1, 0.15) is 36.6 Å². The van der Waals surface area contributed by atoms with E-state index in [1.807, 2.05) is 24.3 Å². The number of benzene rings is 2.